The Kier molecular flexibility index (Phi) is 4.86. The van der Waals surface area contributed by atoms with Crippen LogP contribution in [0.3, 0.4) is 0 Å². The molecule has 1 N–H and O–H groups in total. The van der Waals surface area contributed by atoms with Crippen molar-refractivity contribution in [2.24, 2.45) is 0 Å². The topological polar surface area (TPSA) is 15.3 Å². The van der Waals surface area contributed by atoms with Gasteiger partial charge in [0.2, 0.25) is 0 Å². The first kappa shape index (κ1) is 12.8. The molecule has 0 aromatic heterocycles. The summed E-state index contributed by atoms with van der Waals surface area (Å²) >= 11 is 0. The Morgan fingerprint density at radius 1 is 1.40 bits per heavy atom. The van der Waals surface area contributed by atoms with Crippen molar-refractivity contribution in [2.45, 2.75) is 38.4 Å². The molecule has 0 aliphatic carbocycles. The van der Waals surface area contributed by atoms with Crippen molar-refractivity contribution in [1.82, 2.24) is 10.2 Å². The van der Waals surface area contributed by atoms with E-state index in [1.54, 1.807) is 0 Å². The summed E-state index contributed by atoms with van der Waals surface area (Å²) in [5, 5.41) is 3.32. The van der Waals surface area contributed by atoms with Gasteiger partial charge in [-0.3, -0.25) is 0 Å². The quantitative estimate of drug-likeness (QED) is 0.789. The molecule has 1 aliphatic heterocycles. The summed E-state index contributed by atoms with van der Waals surface area (Å²) in [7, 11) is 0. The van der Waals surface area contributed by atoms with Crippen LogP contribution < -0.4 is 5.32 Å². The van der Waals surface area contributed by atoms with Gasteiger partial charge in [-0.15, -0.1) is 0 Å². The molecule has 1 saturated heterocycles. The third-order valence-electron chi connectivity index (χ3n) is 2.61. The molecule has 1 atom stereocenters. The highest BCUT2D eigenvalue weighted by atomic mass is 19.4. The maximum Gasteiger partial charge on any atom is 0.389 e. The van der Waals surface area contributed by atoms with Gasteiger partial charge in [0, 0.05) is 19.0 Å². The van der Waals surface area contributed by atoms with Crippen molar-refractivity contribution >= 4 is 0 Å². The van der Waals surface area contributed by atoms with Crippen LogP contribution in [0.4, 0.5) is 13.2 Å². The second-order valence-corrected chi connectivity index (χ2v) is 4.23. The fourth-order valence-electron chi connectivity index (χ4n) is 1.90. The van der Waals surface area contributed by atoms with E-state index in [2.05, 4.69) is 17.1 Å². The maximum absolute atomic E-state index is 11.9. The van der Waals surface area contributed by atoms with Crippen LogP contribution in [0.1, 0.15) is 26.2 Å². The molecule has 0 aromatic rings. The first-order chi connectivity index (χ1) is 6.97. The normalized spacial score (nSPS) is 25.2. The number of nitrogens with one attached hydrogen (secondary N) is 1. The Bertz CT molecular complexity index is 182. The number of nitrogens with zero attached hydrogens (tertiary/aromatic N) is 1. The minimum absolute atomic E-state index is 0.218. The van der Waals surface area contributed by atoms with Crippen molar-refractivity contribution < 1.29 is 13.2 Å². The largest absolute Gasteiger partial charge is 0.389 e. The molecule has 90 valence electrons. The molecular weight excluding hydrogens is 205 g/mol. The van der Waals surface area contributed by atoms with Crippen LogP contribution in [0.2, 0.25) is 0 Å². The molecule has 2 nitrogen and oxygen atoms in total. The van der Waals surface area contributed by atoms with Crippen molar-refractivity contribution in [2.75, 3.05) is 26.2 Å². The molecule has 0 amide bonds. The minimum Gasteiger partial charge on any atom is -0.313 e. The number of halogens is 3. The molecule has 1 aliphatic rings. The first-order valence-electron chi connectivity index (χ1n) is 5.50. The molecule has 1 fully saturated rings. The Morgan fingerprint density at radius 3 is 2.80 bits per heavy atom. The maximum atomic E-state index is 11.9. The lowest BCUT2D eigenvalue weighted by Crippen LogP contribution is -2.36. The van der Waals surface area contributed by atoms with Gasteiger partial charge < -0.3 is 10.2 Å². The molecule has 0 radical (unpaired) electrons. The van der Waals surface area contributed by atoms with Gasteiger partial charge in [0.25, 0.3) is 0 Å². The van der Waals surface area contributed by atoms with E-state index >= 15 is 0 Å². The van der Waals surface area contributed by atoms with Crippen LogP contribution in [-0.2, 0) is 0 Å². The van der Waals surface area contributed by atoms with Gasteiger partial charge in [-0.2, -0.15) is 13.2 Å². The van der Waals surface area contributed by atoms with Crippen molar-refractivity contribution in [3.05, 3.63) is 0 Å². The average molecular weight is 224 g/mol. The van der Waals surface area contributed by atoms with E-state index in [4.69, 9.17) is 0 Å². The van der Waals surface area contributed by atoms with Crippen molar-refractivity contribution in [3.63, 3.8) is 0 Å². The van der Waals surface area contributed by atoms with Gasteiger partial charge in [0.15, 0.2) is 0 Å². The zero-order valence-electron chi connectivity index (χ0n) is 9.11. The monoisotopic (exact) mass is 224 g/mol. The minimum atomic E-state index is -4.00. The van der Waals surface area contributed by atoms with Crippen molar-refractivity contribution in [3.8, 4) is 0 Å². The van der Waals surface area contributed by atoms with Gasteiger partial charge in [-0.05, 0) is 39.4 Å². The van der Waals surface area contributed by atoms with Gasteiger partial charge in [-0.1, -0.05) is 0 Å². The highest BCUT2D eigenvalue weighted by molar-refractivity contribution is 4.72. The third-order valence-corrected chi connectivity index (χ3v) is 2.61. The van der Waals surface area contributed by atoms with Crippen LogP contribution >= 0.6 is 0 Å². The highest BCUT2D eigenvalue weighted by Gasteiger charge is 2.26. The zero-order valence-corrected chi connectivity index (χ0v) is 9.11. The molecular formula is C10H19F3N2. The molecule has 0 spiro atoms. The smallest absolute Gasteiger partial charge is 0.313 e. The first-order valence-corrected chi connectivity index (χ1v) is 5.50. The Labute approximate surface area is 88.8 Å². The van der Waals surface area contributed by atoms with E-state index in [1.165, 1.54) is 0 Å². The van der Waals surface area contributed by atoms with Gasteiger partial charge in [0.05, 0.1) is 0 Å². The number of hydrogen-bond acceptors (Lipinski definition) is 2. The summed E-state index contributed by atoms with van der Waals surface area (Å²) in [5.41, 5.74) is 0. The second-order valence-electron chi connectivity index (χ2n) is 4.23. The molecule has 0 aromatic carbocycles. The molecule has 1 rings (SSSR count). The third kappa shape index (κ3) is 5.99. The predicted octanol–water partition coefficient (Wildman–Crippen LogP) is 2.01. The average Bonchev–Trinajstić information content (AvgIpc) is 2.27. The highest BCUT2D eigenvalue weighted by Crippen LogP contribution is 2.21. The van der Waals surface area contributed by atoms with E-state index in [9.17, 15) is 13.2 Å². The van der Waals surface area contributed by atoms with Gasteiger partial charge in [-0.25, -0.2) is 0 Å². The van der Waals surface area contributed by atoms with E-state index < -0.39 is 12.6 Å². The summed E-state index contributed by atoms with van der Waals surface area (Å²) in [4.78, 5) is 2.12. The summed E-state index contributed by atoms with van der Waals surface area (Å²) in [6.07, 6.45) is -3.42. The van der Waals surface area contributed by atoms with Crippen molar-refractivity contribution in [1.29, 1.82) is 0 Å². The van der Waals surface area contributed by atoms with Crippen LogP contribution in [0.25, 0.3) is 0 Å². The Morgan fingerprint density at radius 2 is 2.13 bits per heavy atom. The standard InChI is InChI=1S/C10H19F3N2/c1-9-8-15(7-3-5-14-9)6-2-4-10(11,12)13/h9,14H,2-8H2,1H3. The van der Waals surface area contributed by atoms with Crippen LogP contribution in [0, 0.1) is 0 Å². The lowest BCUT2D eigenvalue weighted by Gasteiger charge is -2.22. The Hall–Kier alpha value is -0.290. The van der Waals surface area contributed by atoms with Crippen LogP contribution in [0.5, 0.6) is 0 Å². The fourth-order valence-corrected chi connectivity index (χ4v) is 1.90. The van der Waals surface area contributed by atoms with E-state index in [0.717, 1.165) is 26.1 Å². The number of alkyl halides is 3. The predicted molar refractivity (Wildman–Crippen MR) is 53.8 cm³/mol. The molecule has 1 unspecified atom stereocenters. The van der Waals surface area contributed by atoms with Crippen LogP contribution in [-0.4, -0.2) is 43.3 Å². The summed E-state index contributed by atoms with van der Waals surface area (Å²) in [6, 6.07) is 0.387. The van der Waals surface area contributed by atoms with E-state index in [-0.39, 0.29) is 6.42 Å². The number of hydrogen-bond donors (Lipinski definition) is 1. The molecule has 5 heteroatoms. The van der Waals surface area contributed by atoms with Crippen LogP contribution in [0.15, 0.2) is 0 Å². The Balaban J connectivity index is 2.19. The summed E-state index contributed by atoms with van der Waals surface area (Å²) in [5.74, 6) is 0. The SMILES string of the molecule is CC1CN(CCCC(F)(F)F)CCCN1. The second kappa shape index (κ2) is 5.70. The van der Waals surface area contributed by atoms with E-state index in [0.29, 0.717) is 12.6 Å². The number of rotatable bonds is 3. The van der Waals surface area contributed by atoms with Gasteiger partial charge >= 0.3 is 6.18 Å². The summed E-state index contributed by atoms with van der Waals surface area (Å²) < 4.78 is 35.8. The zero-order chi connectivity index (χ0) is 11.3. The molecule has 0 saturated carbocycles. The molecule has 15 heavy (non-hydrogen) atoms. The summed E-state index contributed by atoms with van der Waals surface area (Å²) in [6.45, 7) is 5.37. The molecule has 1 heterocycles. The fraction of sp³-hybridized carbons (Fsp3) is 1.00. The lowest BCUT2D eigenvalue weighted by molar-refractivity contribution is -0.136. The lowest BCUT2D eigenvalue weighted by atomic mass is 10.2. The van der Waals surface area contributed by atoms with Gasteiger partial charge in [0.1, 0.15) is 0 Å². The molecule has 0 bridgehead atoms. The van der Waals surface area contributed by atoms with E-state index in [1.807, 2.05) is 0 Å².